The molecule has 0 bridgehead atoms. The number of carbonyl (C=O) groups is 1. The fourth-order valence-electron chi connectivity index (χ4n) is 5.05. The smallest absolute Gasteiger partial charge is 0.252 e. The van der Waals surface area contributed by atoms with Gasteiger partial charge in [0.2, 0.25) is 5.95 Å². The number of nitrogens with zero attached hydrogens (tertiary/aromatic N) is 6. The molecule has 0 radical (unpaired) electrons. The van der Waals surface area contributed by atoms with Crippen molar-refractivity contribution in [2.45, 2.75) is 31.3 Å². The van der Waals surface area contributed by atoms with Crippen LogP contribution in [0.3, 0.4) is 0 Å². The first-order chi connectivity index (χ1) is 16.4. The molecule has 3 N–H and O–H groups in total. The molecule has 34 heavy (non-hydrogen) atoms. The molecule has 1 fully saturated rings. The summed E-state index contributed by atoms with van der Waals surface area (Å²) in [7, 11) is 1.88. The molecule has 0 unspecified atom stereocenters. The van der Waals surface area contributed by atoms with Crippen molar-refractivity contribution in [3.63, 3.8) is 0 Å². The molecule has 0 spiro atoms. The predicted molar refractivity (Wildman–Crippen MR) is 120 cm³/mol. The number of halogens is 1. The number of hydrogen-bond donors (Lipinski definition) is 2. The summed E-state index contributed by atoms with van der Waals surface area (Å²) in [6, 6.07) is 11.1. The molecule has 1 saturated carbocycles. The number of nitriles is 1. The summed E-state index contributed by atoms with van der Waals surface area (Å²) in [5, 5.41) is 27.0. The predicted octanol–water partition coefficient (Wildman–Crippen LogP) is 2.47. The number of pyridine rings is 1. The van der Waals surface area contributed by atoms with Gasteiger partial charge in [0.05, 0.1) is 23.7 Å². The van der Waals surface area contributed by atoms with Crippen molar-refractivity contribution in [3.8, 4) is 17.3 Å². The zero-order chi connectivity index (χ0) is 24.0. The Hall–Kier alpha value is -4.10. The van der Waals surface area contributed by atoms with E-state index in [1.807, 2.05) is 29.8 Å². The Morgan fingerprint density at radius 1 is 1.38 bits per heavy atom. The maximum absolute atomic E-state index is 15.5. The Kier molecular flexibility index (Phi) is 5.14. The van der Waals surface area contributed by atoms with Crippen LogP contribution in [0.4, 0.5) is 4.39 Å². The molecule has 0 saturated heterocycles. The summed E-state index contributed by atoms with van der Waals surface area (Å²) in [6.45, 7) is -0.372. The number of amides is 1. The third kappa shape index (κ3) is 3.24. The zero-order valence-electron chi connectivity index (χ0n) is 18.4. The number of aryl methyl sites for hydroxylation is 1. The summed E-state index contributed by atoms with van der Waals surface area (Å²) in [5.41, 5.74) is 7.03. The number of imidazole rings is 1. The van der Waals surface area contributed by atoms with Crippen molar-refractivity contribution in [3.05, 3.63) is 71.3 Å². The van der Waals surface area contributed by atoms with Gasteiger partial charge in [-0.1, -0.05) is 18.2 Å². The highest BCUT2D eigenvalue weighted by Crippen LogP contribution is 2.53. The monoisotopic (exact) mass is 459 g/mol. The van der Waals surface area contributed by atoms with Crippen LogP contribution in [-0.2, 0) is 19.1 Å². The molecular weight excluding hydrogens is 437 g/mol. The Bertz CT molecular complexity index is 1460. The SMILES string of the molecule is Cn1cnnc1C1(c2cccc(-c3nc4c(C(N)=O)cc(CO)cn4c3F)c2)CC(CC#N)C1. The second kappa shape index (κ2) is 8.04. The lowest BCUT2D eigenvalue weighted by atomic mass is 9.57. The summed E-state index contributed by atoms with van der Waals surface area (Å²) >= 11 is 0. The van der Waals surface area contributed by atoms with Crippen LogP contribution in [0.5, 0.6) is 0 Å². The highest BCUT2D eigenvalue weighted by atomic mass is 19.1. The molecule has 1 aliphatic carbocycles. The summed E-state index contributed by atoms with van der Waals surface area (Å²) in [6.07, 6.45) is 4.97. The normalized spacial score (nSPS) is 19.6. The molecular formula is C24H22FN7O2. The number of aliphatic hydroxyl groups is 1. The molecule has 5 rings (SSSR count). The van der Waals surface area contributed by atoms with Crippen LogP contribution in [0.25, 0.3) is 16.9 Å². The fraction of sp³-hybridized carbons (Fsp3) is 0.292. The lowest BCUT2D eigenvalue weighted by Gasteiger charge is -2.46. The second-order valence-electron chi connectivity index (χ2n) is 8.79. The van der Waals surface area contributed by atoms with Crippen molar-refractivity contribution < 1.29 is 14.3 Å². The average Bonchev–Trinajstić information content (AvgIpc) is 3.38. The van der Waals surface area contributed by atoms with Crippen molar-refractivity contribution >= 4 is 11.6 Å². The van der Waals surface area contributed by atoms with Gasteiger partial charge in [0.1, 0.15) is 17.8 Å². The van der Waals surface area contributed by atoms with Gasteiger partial charge in [0.15, 0.2) is 5.65 Å². The number of carbonyl (C=O) groups excluding carboxylic acids is 1. The molecule has 10 heteroatoms. The lowest BCUT2D eigenvalue weighted by Crippen LogP contribution is -2.44. The van der Waals surface area contributed by atoms with Gasteiger partial charge >= 0.3 is 0 Å². The van der Waals surface area contributed by atoms with Gasteiger partial charge in [-0.25, -0.2) is 4.98 Å². The van der Waals surface area contributed by atoms with Crippen LogP contribution in [0.2, 0.25) is 0 Å². The van der Waals surface area contributed by atoms with Gasteiger partial charge in [-0.3, -0.25) is 9.20 Å². The Morgan fingerprint density at radius 3 is 2.82 bits per heavy atom. The number of benzene rings is 1. The maximum atomic E-state index is 15.5. The van der Waals surface area contributed by atoms with E-state index in [-0.39, 0.29) is 29.4 Å². The minimum Gasteiger partial charge on any atom is -0.392 e. The maximum Gasteiger partial charge on any atom is 0.252 e. The number of nitrogens with two attached hydrogens (primary N) is 1. The highest BCUT2D eigenvalue weighted by molar-refractivity contribution is 5.99. The first-order valence-corrected chi connectivity index (χ1v) is 10.8. The highest BCUT2D eigenvalue weighted by Gasteiger charge is 2.49. The molecule has 172 valence electrons. The van der Waals surface area contributed by atoms with E-state index in [2.05, 4.69) is 21.3 Å². The van der Waals surface area contributed by atoms with E-state index < -0.39 is 17.3 Å². The first kappa shape index (κ1) is 21.7. The van der Waals surface area contributed by atoms with Crippen molar-refractivity contribution in [2.75, 3.05) is 0 Å². The zero-order valence-corrected chi connectivity index (χ0v) is 18.4. The molecule has 3 aromatic heterocycles. The van der Waals surface area contributed by atoms with Crippen LogP contribution in [0.1, 0.15) is 46.6 Å². The number of rotatable bonds is 6. The van der Waals surface area contributed by atoms with Crippen molar-refractivity contribution in [1.82, 2.24) is 24.1 Å². The van der Waals surface area contributed by atoms with Gasteiger partial charge in [-0.2, -0.15) is 9.65 Å². The van der Waals surface area contributed by atoms with Crippen LogP contribution in [-0.4, -0.2) is 35.2 Å². The van der Waals surface area contributed by atoms with Crippen LogP contribution >= 0.6 is 0 Å². The number of hydrogen-bond acceptors (Lipinski definition) is 6. The summed E-state index contributed by atoms with van der Waals surface area (Å²) in [4.78, 5) is 16.3. The quantitative estimate of drug-likeness (QED) is 0.455. The molecule has 0 aliphatic heterocycles. The van der Waals surface area contributed by atoms with E-state index in [1.54, 1.807) is 12.4 Å². The second-order valence-corrected chi connectivity index (χ2v) is 8.79. The molecule has 9 nitrogen and oxygen atoms in total. The molecule has 4 aromatic rings. The van der Waals surface area contributed by atoms with Crippen LogP contribution in [0.15, 0.2) is 42.9 Å². The Labute approximate surface area is 194 Å². The van der Waals surface area contributed by atoms with Gasteiger partial charge in [0.25, 0.3) is 5.91 Å². The fourth-order valence-corrected chi connectivity index (χ4v) is 5.05. The third-order valence-electron chi connectivity index (χ3n) is 6.65. The molecule has 0 atom stereocenters. The number of primary amides is 1. The van der Waals surface area contributed by atoms with Gasteiger partial charge < -0.3 is 15.4 Å². The molecule has 1 aliphatic rings. The number of aromatic nitrogens is 5. The first-order valence-electron chi connectivity index (χ1n) is 10.8. The van der Waals surface area contributed by atoms with Gasteiger partial charge in [-0.05, 0) is 42.0 Å². The van der Waals surface area contributed by atoms with E-state index in [9.17, 15) is 9.90 Å². The Balaban J connectivity index is 1.64. The van der Waals surface area contributed by atoms with Crippen LogP contribution in [0, 0.1) is 23.2 Å². The molecule has 1 aromatic carbocycles. The van der Waals surface area contributed by atoms with E-state index >= 15 is 4.39 Å². The van der Waals surface area contributed by atoms with Crippen LogP contribution < -0.4 is 5.73 Å². The van der Waals surface area contributed by atoms with Crippen molar-refractivity contribution in [1.29, 1.82) is 5.26 Å². The number of fused-ring (bicyclic) bond motifs is 1. The number of aliphatic hydroxyl groups excluding tert-OH is 1. The van der Waals surface area contributed by atoms with Gasteiger partial charge in [-0.15, -0.1) is 10.2 Å². The van der Waals surface area contributed by atoms with E-state index in [4.69, 9.17) is 11.0 Å². The minimum absolute atomic E-state index is 0.0294. The molecule has 3 heterocycles. The lowest BCUT2D eigenvalue weighted by molar-refractivity contribution is 0.100. The van der Waals surface area contributed by atoms with Gasteiger partial charge in [0, 0.05) is 25.2 Å². The third-order valence-corrected chi connectivity index (χ3v) is 6.65. The largest absolute Gasteiger partial charge is 0.392 e. The topological polar surface area (TPSA) is 135 Å². The van der Waals surface area contributed by atoms with Crippen molar-refractivity contribution in [2.24, 2.45) is 18.7 Å². The Morgan fingerprint density at radius 2 is 2.18 bits per heavy atom. The summed E-state index contributed by atoms with van der Waals surface area (Å²) < 4.78 is 18.5. The van der Waals surface area contributed by atoms with E-state index in [1.165, 1.54) is 12.3 Å². The average molecular weight is 459 g/mol. The van der Waals surface area contributed by atoms with E-state index in [0.29, 0.717) is 17.5 Å². The standard InChI is InChI=1S/C24H22FN7O2/c1-31-13-28-30-23(31)24(9-14(10-24)5-6-26)17-4-2-3-16(8-17)19-20(25)32-11-15(12-33)7-18(21(27)34)22(32)29-19/h2-4,7-8,11,13-14,33H,5,9-10,12H2,1H3,(H2,27,34). The minimum atomic E-state index is -0.759. The summed E-state index contributed by atoms with van der Waals surface area (Å²) in [5.74, 6) is -0.385. The van der Waals surface area contributed by atoms with E-state index in [0.717, 1.165) is 28.6 Å². The molecule has 1 amide bonds.